The quantitative estimate of drug-likeness (QED) is 0.227. The average molecular weight is 303 g/mol. The maximum atomic E-state index is 2.29. The Bertz CT molecular complexity index is 120. The molecule has 0 heterocycles. The first kappa shape index (κ1) is 22.7. The number of rotatable bonds is 14. The van der Waals surface area contributed by atoms with Crippen LogP contribution in [-0.4, -0.2) is 12.3 Å². The van der Waals surface area contributed by atoms with Crippen LogP contribution >= 0.6 is 8.58 Å². The van der Waals surface area contributed by atoms with Crippen molar-refractivity contribution in [1.29, 1.82) is 0 Å². The Kier molecular flexibility index (Phi) is 27.8. The lowest BCUT2D eigenvalue weighted by molar-refractivity contribution is 0.623. The molecule has 0 unspecified atom stereocenters. The lowest BCUT2D eigenvalue weighted by Crippen LogP contribution is -1.84. The van der Waals surface area contributed by atoms with E-state index in [0.29, 0.717) is 0 Å². The van der Waals surface area contributed by atoms with Gasteiger partial charge in [0.15, 0.2) is 0 Å². The van der Waals surface area contributed by atoms with E-state index in [4.69, 9.17) is 0 Å². The molecule has 0 rings (SSSR count). The first-order chi connectivity index (χ1) is 9.83. The minimum Gasteiger partial charge on any atom is -0.122 e. The van der Waals surface area contributed by atoms with Gasteiger partial charge in [-0.1, -0.05) is 98.3 Å². The zero-order valence-electron chi connectivity index (χ0n) is 15.1. The predicted molar refractivity (Wildman–Crippen MR) is 101 cm³/mol. The standard InChI is InChI=1S/C16H35P.C3H8/c1-3-5-7-9-11-13-15-17-16-14-12-10-8-6-4-2;1-3-2/h17H,3-16H2,1-2H3;3H2,1-2H3. The van der Waals surface area contributed by atoms with Gasteiger partial charge in [-0.05, 0) is 25.2 Å². The molecule has 0 aromatic carbocycles. The summed E-state index contributed by atoms with van der Waals surface area (Å²) in [5.41, 5.74) is 0. The Balaban J connectivity index is 0. The molecule has 0 nitrogen and oxygen atoms in total. The van der Waals surface area contributed by atoms with Gasteiger partial charge in [0.05, 0.1) is 0 Å². The van der Waals surface area contributed by atoms with Crippen molar-refractivity contribution in [1.82, 2.24) is 0 Å². The highest BCUT2D eigenvalue weighted by molar-refractivity contribution is 7.37. The Morgan fingerprint density at radius 3 is 1.10 bits per heavy atom. The Hall–Kier alpha value is 0.430. The molecule has 0 saturated carbocycles. The molecule has 0 aliphatic heterocycles. The van der Waals surface area contributed by atoms with Gasteiger partial charge in [-0.3, -0.25) is 0 Å². The summed E-state index contributed by atoms with van der Waals surface area (Å²) in [6.45, 7) is 8.84. The summed E-state index contributed by atoms with van der Waals surface area (Å²) in [4.78, 5) is 0. The fourth-order valence-corrected chi connectivity index (χ4v) is 3.44. The molecular formula is C19H43P. The van der Waals surface area contributed by atoms with Crippen LogP contribution in [0.1, 0.15) is 111 Å². The lowest BCUT2D eigenvalue weighted by atomic mass is 10.1. The van der Waals surface area contributed by atoms with E-state index in [1.807, 2.05) is 0 Å². The highest BCUT2D eigenvalue weighted by Gasteiger charge is 1.93. The third-order valence-electron chi connectivity index (χ3n) is 3.41. The monoisotopic (exact) mass is 302 g/mol. The summed E-state index contributed by atoms with van der Waals surface area (Å²) in [7, 11) is 1.26. The normalized spacial score (nSPS) is 10.2. The van der Waals surface area contributed by atoms with Crippen molar-refractivity contribution in [3.63, 3.8) is 0 Å². The van der Waals surface area contributed by atoms with Gasteiger partial charge >= 0.3 is 0 Å². The molecule has 0 spiro atoms. The molecule has 0 bridgehead atoms. The Morgan fingerprint density at radius 1 is 0.450 bits per heavy atom. The number of hydrogen-bond acceptors (Lipinski definition) is 0. The topological polar surface area (TPSA) is 0 Å². The van der Waals surface area contributed by atoms with Gasteiger partial charge in [-0.15, -0.1) is 8.58 Å². The summed E-state index contributed by atoms with van der Waals surface area (Å²) in [5.74, 6) is 0. The first-order valence-electron chi connectivity index (χ1n) is 9.54. The summed E-state index contributed by atoms with van der Waals surface area (Å²) < 4.78 is 0. The van der Waals surface area contributed by atoms with E-state index in [1.165, 1.54) is 104 Å². The van der Waals surface area contributed by atoms with Crippen LogP contribution in [0.15, 0.2) is 0 Å². The van der Waals surface area contributed by atoms with Gasteiger partial charge in [0, 0.05) is 0 Å². The molecule has 20 heavy (non-hydrogen) atoms. The van der Waals surface area contributed by atoms with Gasteiger partial charge in [0.2, 0.25) is 0 Å². The molecule has 0 N–H and O–H groups in total. The molecule has 0 saturated heterocycles. The van der Waals surface area contributed by atoms with Crippen LogP contribution in [0, 0.1) is 0 Å². The van der Waals surface area contributed by atoms with Crippen molar-refractivity contribution in [3.05, 3.63) is 0 Å². The van der Waals surface area contributed by atoms with Crippen molar-refractivity contribution in [2.24, 2.45) is 0 Å². The fraction of sp³-hybridized carbons (Fsp3) is 1.00. The molecule has 0 aromatic heterocycles. The van der Waals surface area contributed by atoms with E-state index in [1.54, 1.807) is 0 Å². The number of hydrogen-bond donors (Lipinski definition) is 0. The second-order valence-corrected chi connectivity index (χ2v) is 7.49. The zero-order valence-corrected chi connectivity index (χ0v) is 16.1. The third kappa shape index (κ3) is 26.9. The van der Waals surface area contributed by atoms with Crippen LogP contribution < -0.4 is 0 Å². The van der Waals surface area contributed by atoms with Crippen LogP contribution in [-0.2, 0) is 0 Å². The summed E-state index contributed by atoms with van der Waals surface area (Å²) in [5, 5.41) is 0. The van der Waals surface area contributed by atoms with E-state index < -0.39 is 0 Å². The third-order valence-corrected chi connectivity index (χ3v) is 4.83. The average Bonchev–Trinajstić information content (AvgIpc) is 2.45. The molecule has 0 amide bonds. The van der Waals surface area contributed by atoms with E-state index in [0.717, 1.165) is 0 Å². The van der Waals surface area contributed by atoms with Crippen LogP contribution in [0.2, 0.25) is 0 Å². The fourth-order valence-electron chi connectivity index (χ4n) is 2.19. The van der Waals surface area contributed by atoms with E-state index >= 15 is 0 Å². The lowest BCUT2D eigenvalue weighted by Gasteiger charge is -2.03. The molecular weight excluding hydrogens is 259 g/mol. The predicted octanol–water partition coefficient (Wildman–Crippen LogP) is 7.80. The molecule has 0 aromatic rings. The van der Waals surface area contributed by atoms with Crippen molar-refractivity contribution < 1.29 is 0 Å². The van der Waals surface area contributed by atoms with E-state index in [9.17, 15) is 0 Å². The smallest absolute Gasteiger partial charge is 0.0353 e. The second-order valence-electron chi connectivity index (χ2n) is 5.99. The summed E-state index contributed by atoms with van der Waals surface area (Å²) >= 11 is 0. The van der Waals surface area contributed by atoms with E-state index in [-0.39, 0.29) is 0 Å². The Labute approximate surface area is 132 Å². The Morgan fingerprint density at radius 2 is 0.750 bits per heavy atom. The number of unbranched alkanes of at least 4 members (excludes halogenated alkanes) is 10. The largest absolute Gasteiger partial charge is 0.122 e. The van der Waals surface area contributed by atoms with Gasteiger partial charge in [0.1, 0.15) is 0 Å². The molecule has 1 heteroatoms. The van der Waals surface area contributed by atoms with Crippen molar-refractivity contribution in [2.45, 2.75) is 111 Å². The van der Waals surface area contributed by atoms with Gasteiger partial charge in [-0.2, -0.15) is 0 Å². The van der Waals surface area contributed by atoms with Gasteiger partial charge in [0.25, 0.3) is 0 Å². The van der Waals surface area contributed by atoms with Gasteiger partial charge < -0.3 is 0 Å². The molecule has 0 aliphatic carbocycles. The summed E-state index contributed by atoms with van der Waals surface area (Å²) in [6, 6.07) is 0. The van der Waals surface area contributed by atoms with Crippen molar-refractivity contribution in [2.75, 3.05) is 12.3 Å². The molecule has 0 atom stereocenters. The van der Waals surface area contributed by atoms with Crippen LogP contribution in [0.25, 0.3) is 0 Å². The molecule has 0 aliphatic rings. The van der Waals surface area contributed by atoms with Crippen molar-refractivity contribution >= 4 is 8.58 Å². The molecule has 124 valence electrons. The van der Waals surface area contributed by atoms with E-state index in [2.05, 4.69) is 27.7 Å². The van der Waals surface area contributed by atoms with Gasteiger partial charge in [-0.25, -0.2) is 0 Å². The van der Waals surface area contributed by atoms with Crippen LogP contribution in [0.5, 0.6) is 0 Å². The molecule has 0 radical (unpaired) electrons. The van der Waals surface area contributed by atoms with Crippen molar-refractivity contribution in [3.8, 4) is 0 Å². The maximum absolute atomic E-state index is 2.29. The SMILES string of the molecule is CCC.CCCCCCCCPCCCCCCCC. The minimum absolute atomic E-state index is 1.25. The molecule has 0 fully saturated rings. The highest BCUT2D eigenvalue weighted by Crippen LogP contribution is 2.17. The van der Waals surface area contributed by atoms with Crippen LogP contribution in [0.3, 0.4) is 0 Å². The summed E-state index contributed by atoms with van der Waals surface area (Å²) in [6.07, 6.45) is 21.8. The van der Waals surface area contributed by atoms with Crippen LogP contribution in [0.4, 0.5) is 0 Å². The second kappa shape index (κ2) is 24.4. The highest BCUT2D eigenvalue weighted by atomic mass is 31.1. The maximum Gasteiger partial charge on any atom is -0.0353 e. The zero-order chi connectivity index (χ0) is 15.3. The first-order valence-corrected chi connectivity index (χ1v) is 10.9. The minimum atomic E-state index is 1.25.